The molecule has 0 amide bonds. The molecule has 1 unspecified atom stereocenters. The van der Waals surface area contributed by atoms with Crippen molar-refractivity contribution >= 4 is 11.6 Å². The number of fused-ring (bicyclic) bond motifs is 1. The van der Waals surface area contributed by atoms with Crippen molar-refractivity contribution in [3.05, 3.63) is 53.0 Å². The third-order valence-electron chi connectivity index (χ3n) is 4.89. The monoisotopic (exact) mass is 420 g/mol. The smallest absolute Gasteiger partial charge is 0.376 e. The highest BCUT2D eigenvalue weighted by Gasteiger charge is 2.36. The van der Waals surface area contributed by atoms with Crippen LogP contribution in [0.2, 0.25) is 0 Å². The fourth-order valence-electron chi connectivity index (χ4n) is 3.56. The number of halogens is 3. The van der Waals surface area contributed by atoms with Crippen molar-refractivity contribution in [3.63, 3.8) is 0 Å². The van der Waals surface area contributed by atoms with E-state index in [4.69, 9.17) is 4.74 Å². The predicted octanol–water partition coefficient (Wildman–Crippen LogP) is 3.28. The molecular weight excluding hydrogens is 397 g/mol. The van der Waals surface area contributed by atoms with Crippen LogP contribution in [0.25, 0.3) is 5.78 Å². The van der Waals surface area contributed by atoms with Crippen molar-refractivity contribution in [1.82, 2.24) is 24.5 Å². The van der Waals surface area contributed by atoms with Crippen LogP contribution in [-0.2, 0) is 24.0 Å². The van der Waals surface area contributed by atoms with Crippen LogP contribution in [0.15, 0.2) is 30.3 Å². The quantitative estimate of drug-likeness (QED) is 0.683. The minimum Gasteiger partial charge on any atom is -0.376 e. The number of alkyl halides is 3. The lowest BCUT2D eigenvalue weighted by atomic mass is 10.1. The minimum atomic E-state index is -4.62. The van der Waals surface area contributed by atoms with Gasteiger partial charge in [-0.3, -0.25) is 4.90 Å². The summed E-state index contributed by atoms with van der Waals surface area (Å²) in [6.07, 6.45) is -4.39. The van der Waals surface area contributed by atoms with Crippen molar-refractivity contribution in [1.29, 1.82) is 0 Å². The van der Waals surface area contributed by atoms with Gasteiger partial charge in [-0.1, -0.05) is 24.3 Å². The molecule has 0 radical (unpaired) electrons. The Labute approximate surface area is 171 Å². The molecule has 1 fully saturated rings. The number of anilines is 1. The molecule has 3 heterocycles. The van der Waals surface area contributed by atoms with Gasteiger partial charge >= 0.3 is 6.18 Å². The molecule has 0 spiro atoms. The lowest BCUT2D eigenvalue weighted by Crippen LogP contribution is -2.40. The van der Waals surface area contributed by atoms with E-state index < -0.39 is 12.0 Å². The zero-order chi connectivity index (χ0) is 21.3. The summed E-state index contributed by atoms with van der Waals surface area (Å²) in [5, 5.41) is 6.74. The van der Waals surface area contributed by atoms with E-state index in [9.17, 15) is 13.2 Å². The summed E-state index contributed by atoms with van der Waals surface area (Å²) in [6.45, 7) is 7.57. The van der Waals surface area contributed by atoms with Gasteiger partial charge in [0.05, 0.1) is 12.7 Å². The van der Waals surface area contributed by atoms with Crippen LogP contribution < -0.4 is 5.32 Å². The van der Waals surface area contributed by atoms with Crippen LogP contribution in [0.4, 0.5) is 19.0 Å². The van der Waals surface area contributed by atoms with E-state index in [-0.39, 0.29) is 11.9 Å². The third-order valence-corrected chi connectivity index (χ3v) is 4.89. The molecule has 1 atom stereocenters. The Morgan fingerprint density at radius 1 is 1.20 bits per heavy atom. The van der Waals surface area contributed by atoms with Gasteiger partial charge in [0, 0.05) is 37.9 Å². The molecule has 0 bridgehead atoms. The van der Waals surface area contributed by atoms with Crippen LogP contribution in [0.1, 0.15) is 29.6 Å². The third kappa shape index (κ3) is 4.71. The highest BCUT2D eigenvalue weighted by atomic mass is 19.4. The van der Waals surface area contributed by atoms with Gasteiger partial charge in [-0.2, -0.15) is 22.7 Å². The first kappa shape index (κ1) is 20.5. The van der Waals surface area contributed by atoms with E-state index in [2.05, 4.69) is 44.3 Å². The van der Waals surface area contributed by atoms with E-state index in [1.54, 1.807) is 13.0 Å². The van der Waals surface area contributed by atoms with Crippen LogP contribution in [0.3, 0.4) is 0 Å². The first-order valence-corrected chi connectivity index (χ1v) is 9.75. The minimum absolute atomic E-state index is 0.0833. The molecule has 1 saturated heterocycles. The topological polar surface area (TPSA) is 67.6 Å². The van der Waals surface area contributed by atoms with Gasteiger partial charge in [-0.05, 0) is 25.0 Å². The van der Waals surface area contributed by atoms with Crippen molar-refractivity contribution in [2.24, 2.45) is 0 Å². The fraction of sp³-hybridized carbons (Fsp3) is 0.450. The summed E-state index contributed by atoms with van der Waals surface area (Å²) in [5.41, 5.74) is 2.76. The molecule has 4 rings (SSSR count). The van der Waals surface area contributed by atoms with Gasteiger partial charge in [0.2, 0.25) is 0 Å². The number of hydrogen-bond donors (Lipinski definition) is 1. The summed E-state index contributed by atoms with van der Waals surface area (Å²) in [7, 11) is 0. The van der Waals surface area contributed by atoms with Crippen molar-refractivity contribution in [2.75, 3.05) is 25.0 Å². The average molecular weight is 420 g/mol. The van der Waals surface area contributed by atoms with Gasteiger partial charge in [-0.25, -0.2) is 4.98 Å². The molecule has 1 N–H and O–H groups in total. The number of benzene rings is 1. The number of ether oxygens (including phenoxy) is 1. The molecule has 30 heavy (non-hydrogen) atoms. The number of hydrogen-bond acceptors (Lipinski definition) is 6. The van der Waals surface area contributed by atoms with Gasteiger partial charge in [-0.15, -0.1) is 5.10 Å². The molecule has 0 aliphatic carbocycles. The predicted molar refractivity (Wildman–Crippen MR) is 105 cm³/mol. The first-order chi connectivity index (χ1) is 14.3. The molecule has 10 heteroatoms. The molecule has 0 saturated carbocycles. The fourth-order valence-corrected chi connectivity index (χ4v) is 3.56. The van der Waals surface area contributed by atoms with E-state index in [1.165, 1.54) is 5.56 Å². The van der Waals surface area contributed by atoms with Crippen molar-refractivity contribution < 1.29 is 17.9 Å². The Morgan fingerprint density at radius 3 is 2.77 bits per heavy atom. The Morgan fingerprint density at radius 2 is 2.00 bits per heavy atom. The number of morpholine rings is 1. The second-order valence-electron chi connectivity index (χ2n) is 7.52. The van der Waals surface area contributed by atoms with Crippen LogP contribution in [0.5, 0.6) is 0 Å². The number of aryl methyl sites for hydroxylation is 1. The van der Waals surface area contributed by atoms with Gasteiger partial charge in [0.1, 0.15) is 5.82 Å². The maximum Gasteiger partial charge on any atom is 0.453 e. The van der Waals surface area contributed by atoms with Gasteiger partial charge < -0.3 is 10.1 Å². The number of nitrogens with zero attached hydrogens (tertiary/aromatic N) is 5. The molecule has 3 aromatic rings. The molecule has 1 aliphatic heterocycles. The molecule has 1 aromatic carbocycles. The maximum atomic E-state index is 13.0. The standard InChI is InChI=1S/C20H23F3N6O/c1-13-8-17(29-19(25-13)26-18(27-29)20(21,22)23)24-10-15-4-3-5-16(9-15)12-28-6-7-30-14(2)11-28/h3-5,8-9,14,24H,6-7,10-12H2,1-2H3. The number of aromatic nitrogens is 4. The van der Waals surface area contributed by atoms with E-state index in [0.717, 1.165) is 36.3 Å². The SMILES string of the molecule is Cc1cc(NCc2cccc(CN3CCOC(C)C3)c2)n2nc(C(F)(F)F)nc2n1. The Kier molecular flexibility index (Phi) is 5.61. The zero-order valence-electron chi connectivity index (χ0n) is 16.8. The normalized spacial score (nSPS) is 18.1. The second kappa shape index (κ2) is 8.19. The van der Waals surface area contributed by atoms with Gasteiger partial charge in [0.15, 0.2) is 0 Å². The zero-order valence-corrected chi connectivity index (χ0v) is 16.8. The summed E-state index contributed by atoms with van der Waals surface area (Å²) in [5.74, 6) is -0.877. The largest absolute Gasteiger partial charge is 0.453 e. The Bertz CT molecular complexity index is 1040. The van der Waals surface area contributed by atoms with Crippen molar-refractivity contribution in [3.8, 4) is 0 Å². The summed E-state index contributed by atoms with van der Waals surface area (Å²) in [6, 6.07) is 9.79. The molecule has 7 nitrogen and oxygen atoms in total. The summed E-state index contributed by atoms with van der Waals surface area (Å²) in [4.78, 5) is 9.90. The van der Waals surface area contributed by atoms with Crippen LogP contribution in [-0.4, -0.2) is 50.3 Å². The Balaban J connectivity index is 1.49. The molecule has 160 valence electrons. The average Bonchev–Trinajstić information content (AvgIpc) is 3.11. The van der Waals surface area contributed by atoms with E-state index in [1.807, 2.05) is 12.1 Å². The highest BCUT2D eigenvalue weighted by molar-refractivity contribution is 5.46. The highest BCUT2D eigenvalue weighted by Crippen LogP contribution is 2.27. The summed E-state index contributed by atoms with van der Waals surface area (Å²) < 4.78 is 45.6. The molecule has 2 aromatic heterocycles. The number of rotatable bonds is 5. The van der Waals surface area contributed by atoms with Crippen molar-refractivity contribution in [2.45, 2.75) is 39.2 Å². The Hall–Kier alpha value is -2.72. The lowest BCUT2D eigenvalue weighted by molar-refractivity contribution is -0.144. The maximum absolute atomic E-state index is 13.0. The van der Waals surface area contributed by atoms with E-state index in [0.29, 0.717) is 18.1 Å². The van der Waals surface area contributed by atoms with E-state index >= 15 is 0 Å². The molecular formula is C20H23F3N6O. The van der Waals surface area contributed by atoms with Crippen LogP contribution in [0, 0.1) is 6.92 Å². The first-order valence-electron chi connectivity index (χ1n) is 9.75. The summed E-state index contributed by atoms with van der Waals surface area (Å²) >= 11 is 0. The molecule has 1 aliphatic rings. The second-order valence-corrected chi connectivity index (χ2v) is 7.52. The lowest BCUT2D eigenvalue weighted by Gasteiger charge is -2.31. The number of nitrogens with one attached hydrogen (secondary N) is 1. The van der Waals surface area contributed by atoms with Gasteiger partial charge in [0.25, 0.3) is 11.6 Å². The van der Waals surface area contributed by atoms with Crippen LogP contribution >= 0.6 is 0 Å².